The zero-order chi connectivity index (χ0) is 33.9. The van der Waals surface area contributed by atoms with Crippen LogP contribution in [0, 0.1) is 22.7 Å². The Morgan fingerprint density at radius 2 is 1.28 bits per heavy atom. The molecule has 3 aromatic heterocycles. The second-order valence-corrected chi connectivity index (χ2v) is 13.1. The van der Waals surface area contributed by atoms with Gasteiger partial charge in [-0.15, -0.1) is 0 Å². The van der Waals surface area contributed by atoms with E-state index in [9.17, 15) is 10.5 Å². The molecule has 9 rings (SSSR count). The Bertz CT molecular complexity index is 2890. The minimum absolute atomic E-state index is 0.659. The van der Waals surface area contributed by atoms with Crippen LogP contribution in [-0.2, 0) is 6.42 Å². The summed E-state index contributed by atoms with van der Waals surface area (Å²) >= 11 is 0. The van der Waals surface area contributed by atoms with Crippen LogP contribution in [0.1, 0.15) is 43.5 Å². The maximum atomic E-state index is 9.68. The highest BCUT2D eigenvalue weighted by molar-refractivity contribution is 6.13. The number of allylic oxidation sites excluding steroid dienone is 5. The molecule has 0 N–H and O–H groups in total. The van der Waals surface area contributed by atoms with Crippen LogP contribution < -0.4 is 0 Å². The van der Waals surface area contributed by atoms with E-state index in [2.05, 4.69) is 142 Å². The van der Waals surface area contributed by atoms with Crippen LogP contribution in [0.5, 0.6) is 0 Å². The number of aromatic nitrogens is 3. The van der Waals surface area contributed by atoms with Gasteiger partial charge in [-0.25, -0.2) is 0 Å². The Kier molecular flexibility index (Phi) is 6.83. The molecule has 3 heterocycles. The minimum Gasteiger partial charge on any atom is -0.313 e. The van der Waals surface area contributed by atoms with E-state index in [0.717, 1.165) is 68.9 Å². The molecule has 0 radical (unpaired) electrons. The molecular weight excluding hydrogens is 611 g/mol. The number of nitrogens with zero attached hydrogens (tertiary/aromatic N) is 5. The zero-order valence-electron chi connectivity index (χ0n) is 28.0. The van der Waals surface area contributed by atoms with E-state index in [0.29, 0.717) is 11.1 Å². The third-order valence-corrected chi connectivity index (χ3v) is 10.2. The van der Waals surface area contributed by atoms with Gasteiger partial charge in [-0.3, -0.25) is 0 Å². The molecule has 50 heavy (non-hydrogen) atoms. The van der Waals surface area contributed by atoms with Gasteiger partial charge in [-0.1, -0.05) is 55.5 Å². The van der Waals surface area contributed by atoms with E-state index in [4.69, 9.17) is 0 Å². The summed E-state index contributed by atoms with van der Waals surface area (Å²) in [6.07, 6.45) is 11.5. The quantitative estimate of drug-likeness (QED) is 0.175. The first-order valence-electron chi connectivity index (χ1n) is 17.2. The van der Waals surface area contributed by atoms with Crippen molar-refractivity contribution in [2.24, 2.45) is 0 Å². The summed E-state index contributed by atoms with van der Waals surface area (Å²) < 4.78 is 7.14. The van der Waals surface area contributed by atoms with E-state index >= 15 is 0 Å². The maximum Gasteiger partial charge on any atom is 0.0991 e. The van der Waals surface area contributed by atoms with Crippen LogP contribution in [0.15, 0.2) is 127 Å². The predicted octanol–water partition coefficient (Wildman–Crippen LogP) is 11.4. The van der Waals surface area contributed by atoms with Crippen molar-refractivity contribution in [3.8, 4) is 23.5 Å². The third-order valence-electron chi connectivity index (χ3n) is 10.2. The molecule has 5 heteroatoms. The first kappa shape index (κ1) is 29.6. The maximum absolute atomic E-state index is 9.68. The summed E-state index contributed by atoms with van der Waals surface area (Å²) in [5.74, 6) is 0. The highest BCUT2D eigenvalue weighted by Crippen LogP contribution is 2.40. The molecule has 0 amide bonds. The van der Waals surface area contributed by atoms with Crippen LogP contribution in [0.4, 0.5) is 0 Å². The van der Waals surface area contributed by atoms with Gasteiger partial charge in [-0.2, -0.15) is 10.5 Å². The molecule has 0 atom stereocenters. The highest BCUT2D eigenvalue weighted by atomic mass is 15.0. The van der Waals surface area contributed by atoms with Crippen molar-refractivity contribution in [2.75, 3.05) is 0 Å². The van der Waals surface area contributed by atoms with Crippen molar-refractivity contribution in [1.82, 2.24) is 13.7 Å². The van der Waals surface area contributed by atoms with Crippen LogP contribution in [0.25, 0.3) is 77.7 Å². The Balaban J connectivity index is 1.35. The fourth-order valence-electron chi connectivity index (χ4n) is 8.05. The molecule has 8 aromatic rings. The number of hydrogen-bond acceptors (Lipinski definition) is 2. The summed E-state index contributed by atoms with van der Waals surface area (Å²) in [6, 6.07) is 41.3. The van der Waals surface area contributed by atoms with Crippen LogP contribution >= 0.6 is 0 Å². The molecule has 238 valence electrons. The van der Waals surface area contributed by atoms with E-state index < -0.39 is 0 Å². The van der Waals surface area contributed by atoms with Gasteiger partial charge in [-0.05, 0) is 105 Å². The molecule has 0 unspecified atom stereocenters. The normalized spacial score (nSPS) is 13.4. The topological polar surface area (TPSA) is 62.4 Å². The predicted molar refractivity (Wildman–Crippen MR) is 207 cm³/mol. The summed E-state index contributed by atoms with van der Waals surface area (Å²) in [5.41, 5.74) is 12.8. The minimum atomic E-state index is 0.659. The van der Waals surface area contributed by atoms with Gasteiger partial charge in [0.25, 0.3) is 0 Å². The highest BCUT2D eigenvalue weighted by Gasteiger charge is 2.21. The first-order valence-corrected chi connectivity index (χ1v) is 17.2. The Morgan fingerprint density at radius 3 is 1.94 bits per heavy atom. The van der Waals surface area contributed by atoms with Gasteiger partial charge in [0, 0.05) is 60.8 Å². The van der Waals surface area contributed by atoms with Crippen molar-refractivity contribution in [1.29, 1.82) is 10.5 Å². The van der Waals surface area contributed by atoms with Gasteiger partial charge in [0.05, 0.1) is 45.3 Å². The number of benzene rings is 5. The lowest BCUT2D eigenvalue weighted by Crippen LogP contribution is -2.01. The molecular formula is C45H33N5. The lowest BCUT2D eigenvalue weighted by molar-refractivity contribution is 0.957. The van der Waals surface area contributed by atoms with Crippen molar-refractivity contribution < 1.29 is 0 Å². The second kappa shape index (κ2) is 11.5. The van der Waals surface area contributed by atoms with E-state index in [-0.39, 0.29) is 0 Å². The average Bonchev–Trinajstić information content (AvgIpc) is 3.79. The third kappa shape index (κ3) is 4.38. The molecule has 5 aromatic carbocycles. The molecule has 0 bridgehead atoms. The summed E-state index contributed by atoms with van der Waals surface area (Å²) in [4.78, 5) is 0. The van der Waals surface area contributed by atoms with Gasteiger partial charge < -0.3 is 13.7 Å². The van der Waals surface area contributed by atoms with Crippen LogP contribution in [-0.4, -0.2) is 13.7 Å². The molecule has 5 nitrogen and oxygen atoms in total. The largest absolute Gasteiger partial charge is 0.313 e. The Labute approximate surface area is 290 Å². The summed E-state index contributed by atoms with van der Waals surface area (Å²) in [5, 5.41) is 25.1. The number of para-hydroxylation sites is 2. The lowest BCUT2D eigenvalue weighted by atomic mass is 10.1. The van der Waals surface area contributed by atoms with Crippen molar-refractivity contribution in [3.63, 3.8) is 0 Å². The van der Waals surface area contributed by atoms with Gasteiger partial charge >= 0.3 is 0 Å². The van der Waals surface area contributed by atoms with Crippen molar-refractivity contribution in [2.45, 2.75) is 33.1 Å². The second-order valence-electron chi connectivity index (χ2n) is 13.1. The van der Waals surface area contributed by atoms with Crippen LogP contribution in [0.3, 0.4) is 0 Å². The lowest BCUT2D eigenvalue weighted by Gasteiger charge is -2.15. The molecule has 0 saturated heterocycles. The van der Waals surface area contributed by atoms with E-state index in [1.807, 2.05) is 25.1 Å². The number of rotatable bonds is 5. The monoisotopic (exact) mass is 643 g/mol. The fraction of sp³-hybridized carbons (Fsp3) is 0.111. The molecule has 0 fully saturated rings. The fourth-order valence-corrected chi connectivity index (χ4v) is 8.05. The average molecular weight is 644 g/mol. The zero-order valence-corrected chi connectivity index (χ0v) is 28.0. The smallest absolute Gasteiger partial charge is 0.0991 e. The van der Waals surface area contributed by atoms with Gasteiger partial charge in [0.15, 0.2) is 0 Å². The first-order chi connectivity index (χ1) is 24.6. The summed E-state index contributed by atoms with van der Waals surface area (Å²) in [6.45, 7) is 4.06. The number of nitriles is 2. The van der Waals surface area contributed by atoms with Crippen LogP contribution in [0.2, 0.25) is 0 Å². The Morgan fingerprint density at radius 1 is 0.680 bits per heavy atom. The SMILES string of the molecule is CCc1c(/C=C(\C)C#N)c2ccccc2n1-c1ccc2c(c1)c1cc(-n3c4ccccc4c4cc(C#N)ccc43)ccc1n2C1=CC=CCC1. The molecule has 0 saturated carbocycles. The standard InChI is InChI=1S/C45H33N5/c1-3-40-36(23-29(2)27-46)34-13-7-9-15-41(34)49(40)32-18-21-44-38(25-32)39-26-33(19-22-45(39)48(44)31-11-5-4-6-12-31)50-42-16-10-8-14-35(42)37-24-30(28-47)17-20-43(37)50/h4-5,7-11,13-26H,3,6,12H2,1-2H3/b29-23+. The van der Waals surface area contributed by atoms with E-state index in [1.165, 1.54) is 33.2 Å². The number of fused-ring (bicyclic) bond motifs is 7. The Hall–Kier alpha value is -6.56. The molecule has 1 aliphatic carbocycles. The molecule has 0 spiro atoms. The van der Waals surface area contributed by atoms with Gasteiger partial charge in [0.1, 0.15) is 0 Å². The van der Waals surface area contributed by atoms with E-state index in [1.54, 1.807) is 0 Å². The summed E-state index contributed by atoms with van der Waals surface area (Å²) in [7, 11) is 0. The van der Waals surface area contributed by atoms with Crippen molar-refractivity contribution >= 4 is 66.3 Å². The molecule has 0 aliphatic heterocycles. The van der Waals surface area contributed by atoms with Gasteiger partial charge in [0.2, 0.25) is 0 Å². The van der Waals surface area contributed by atoms with Crippen molar-refractivity contribution in [3.05, 3.63) is 144 Å². The number of hydrogen-bond donors (Lipinski definition) is 0. The molecule has 1 aliphatic rings.